The highest BCUT2D eigenvalue weighted by molar-refractivity contribution is 7.88. The van der Waals surface area contributed by atoms with Crippen LogP contribution in [0.4, 0.5) is 0 Å². The zero-order valence-corrected chi connectivity index (χ0v) is 16.2. The van der Waals surface area contributed by atoms with Gasteiger partial charge in [-0.15, -0.1) is 11.3 Å². The first-order chi connectivity index (χ1) is 12.5. The van der Waals surface area contributed by atoms with Crippen molar-refractivity contribution < 1.29 is 13.2 Å². The number of hydrogen-bond acceptors (Lipinski definition) is 4. The molecule has 0 unspecified atom stereocenters. The molecule has 1 aromatic carbocycles. The lowest BCUT2D eigenvalue weighted by molar-refractivity contribution is -0.120. The lowest BCUT2D eigenvalue weighted by atomic mass is 9.84. The second kappa shape index (κ2) is 8.33. The van der Waals surface area contributed by atoms with Crippen LogP contribution in [0.25, 0.3) is 0 Å². The first kappa shape index (κ1) is 19.1. The summed E-state index contributed by atoms with van der Waals surface area (Å²) in [5, 5.41) is 5.00. The lowest BCUT2D eigenvalue weighted by Gasteiger charge is -2.28. The molecule has 1 heterocycles. The number of carbonyl (C=O) groups is 1. The van der Waals surface area contributed by atoms with Gasteiger partial charge in [0.25, 0.3) is 0 Å². The molecule has 0 radical (unpaired) electrons. The Morgan fingerprint density at radius 2 is 1.81 bits per heavy atom. The topological polar surface area (TPSA) is 75.3 Å². The molecule has 140 valence electrons. The monoisotopic (exact) mass is 392 g/mol. The quantitative estimate of drug-likeness (QED) is 0.725. The summed E-state index contributed by atoms with van der Waals surface area (Å²) in [4.78, 5) is 13.5. The summed E-state index contributed by atoms with van der Waals surface area (Å²) in [5.74, 6) is -0.412. The molecule has 1 aliphatic carbocycles. The summed E-state index contributed by atoms with van der Waals surface area (Å²) >= 11 is 1.73. The highest BCUT2D eigenvalue weighted by atomic mass is 32.2. The molecule has 7 heteroatoms. The average Bonchev–Trinajstić information content (AvgIpc) is 3.31. The lowest BCUT2D eigenvalue weighted by Crippen LogP contribution is -2.43. The van der Waals surface area contributed by atoms with Crippen LogP contribution in [0.15, 0.2) is 47.8 Å². The summed E-state index contributed by atoms with van der Waals surface area (Å²) in [6.45, 7) is 0.336. The second-order valence-electron chi connectivity index (χ2n) is 6.81. The normalized spacial score (nSPS) is 16.5. The van der Waals surface area contributed by atoms with E-state index in [1.807, 2.05) is 12.1 Å². The second-order valence-corrected chi connectivity index (χ2v) is 9.56. The Balaban J connectivity index is 1.51. The standard InChI is InChI=1S/C19H24N2O3S2/c22-18(13-21-26(23,24)14-16-7-2-1-3-8-16)20-15-19(10-4-5-11-19)17-9-6-12-25-17/h1-3,6-9,12,21H,4-5,10-11,13-15H2,(H,20,22). The van der Waals surface area contributed by atoms with Gasteiger partial charge in [-0.1, -0.05) is 49.2 Å². The molecule has 1 saturated carbocycles. The maximum absolute atomic E-state index is 12.2. The highest BCUT2D eigenvalue weighted by Gasteiger charge is 2.36. The fraction of sp³-hybridized carbons (Fsp3) is 0.421. The molecule has 26 heavy (non-hydrogen) atoms. The number of thiophene rings is 1. The zero-order valence-electron chi connectivity index (χ0n) is 14.6. The van der Waals surface area contributed by atoms with Crippen molar-refractivity contribution in [3.05, 3.63) is 58.3 Å². The van der Waals surface area contributed by atoms with Gasteiger partial charge in [-0.3, -0.25) is 4.79 Å². The van der Waals surface area contributed by atoms with Crippen molar-refractivity contribution in [3.63, 3.8) is 0 Å². The molecule has 0 spiro atoms. The third kappa shape index (κ3) is 4.93. The summed E-state index contributed by atoms with van der Waals surface area (Å²) in [7, 11) is -3.53. The van der Waals surface area contributed by atoms with Crippen molar-refractivity contribution in [3.8, 4) is 0 Å². The summed E-state index contributed by atoms with van der Waals surface area (Å²) < 4.78 is 26.6. The first-order valence-corrected chi connectivity index (χ1v) is 11.3. The van der Waals surface area contributed by atoms with Crippen molar-refractivity contribution in [2.75, 3.05) is 13.1 Å². The van der Waals surface area contributed by atoms with E-state index < -0.39 is 10.0 Å². The molecule has 1 aromatic heterocycles. The maximum atomic E-state index is 12.2. The third-order valence-corrected chi connectivity index (χ3v) is 7.29. The van der Waals surface area contributed by atoms with Crippen LogP contribution in [0, 0.1) is 0 Å². The van der Waals surface area contributed by atoms with Crippen molar-refractivity contribution in [2.24, 2.45) is 0 Å². The first-order valence-electron chi connectivity index (χ1n) is 8.81. The zero-order chi connectivity index (χ0) is 18.5. The molecule has 5 nitrogen and oxygen atoms in total. The summed E-state index contributed by atoms with van der Waals surface area (Å²) in [6, 6.07) is 13.1. The number of amides is 1. The van der Waals surface area contributed by atoms with E-state index in [1.165, 1.54) is 4.88 Å². The van der Waals surface area contributed by atoms with Crippen LogP contribution < -0.4 is 10.0 Å². The number of carbonyl (C=O) groups excluding carboxylic acids is 1. The van der Waals surface area contributed by atoms with Gasteiger partial charge >= 0.3 is 0 Å². The molecule has 0 atom stereocenters. The van der Waals surface area contributed by atoms with E-state index in [-0.39, 0.29) is 23.6 Å². The number of hydrogen-bond donors (Lipinski definition) is 2. The summed E-state index contributed by atoms with van der Waals surface area (Å²) in [6.07, 6.45) is 4.45. The molecule has 2 N–H and O–H groups in total. The Hall–Kier alpha value is -1.70. The van der Waals surface area contributed by atoms with Crippen LogP contribution in [0.2, 0.25) is 0 Å². The van der Waals surface area contributed by atoms with Crippen LogP contribution in [0.1, 0.15) is 36.1 Å². The minimum atomic E-state index is -3.53. The van der Waals surface area contributed by atoms with Gasteiger partial charge in [0.05, 0.1) is 12.3 Å². The molecular formula is C19H24N2O3S2. The van der Waals surface area contributed by atoms with Crippen LogP contribution in [0.3, 0.4) is 0 Å². The molecule has 0 saturated heterocycles. The smallest absolute Gasteiger partial charge is 0.235 e. The van der Waals surface area contributed by atoms with Crippen molar-refractivity contribution in [2.45, 2.75) is 36.9 Å². The largest absolute Gasteiger partial charge is 0.354 e. The molecule has 0 bridgehead atoms. The van der Waals surface area contributed by atoms with Gasteiger partial charge in [0.2, 0.25) is 15.9 Å². The van der Waals surface area contributed by atoms with E-state index in [0.717, 1.165) is 25.7 Å². The molecule has 3 rings (SSSR count). The Morgan fingerprint density at radius 1 is 1.08 bits per heavy atom. The van der Waals surface area contributed by atoms with Gasteiger partial charge in [-0.25, -0.2) is 13.1 Å². The van der Waals surface area contributed by atoms with Crippen molar-refractivity contribution in [1.82, 2.24) is 10.0 Å². The van der Waals surface area contributed by atoms with Crippen molar-refractivity contribution in [1.29, 1.82) is 0 Å². The van der Waals surface area contributed by atoms with Gasteiger partial charge < -0.3 is 5.32 Å². The Morgan fingerprint density at radius 3 is 2.46 bits per heavy atom. The van der Waals surface area contributed by atoms with E-state index in [4.69, 9.17) is 0 Å². The number of benzene rings is 1. The van der Waals surface area contributed by atoms with Gasteiger partial charge in [0.1, 0.15) is 0 Å². The number of nitrogens with one attached hydrogen (secondary N) is 2. The SMILES string of the molecule is O=C(CNS(=O)(=O)Cc1ccccc1)NCC1(c2cccs2)CCCC1. The van der Waals surface area contributed by atoms with Crippen LogP contribution >= 0.6 is 11.3 Å². The van der Waals surface area contributed by atoms with Gasteiger partial charge in [0.15, 0.2) is 0 Å². The molecule has 2 aromatic rings. The van der Waals surface area contributed by atoms with Crippen LogP contribution in [0.5, 0.6) is 0 Å². The van der Waals surface area contributed by atoms with Gasteiger partial charge in [-0.2, -0.15) is 0 Å². The number of rotatable bonds is 8. The fourth-order valence-corrected chi connectivity index (χ4v) is 5.56. The molecule has 1 amide bonds. The molecule has 1 aliphatic rings. The fourth-order valence-electron chi connectivity index (χ4n) is 3.49. The average molecular weight is 393 g/mol. The Bertz CT molecular complexity index is 812. The minimum Gasteiger partial charge on any atom is -0.354 e. The third-order valence-electron chi connectivity index (χ3n) is 4.88. The van der Waals surface area contributed by atoms with E-state index in [1.54, 1.807) is 35.6 Å². The molecule has 0 aliphatic heterocycles. The number of sulfonamides is 1. The van der Waals surface area contributed by atoms with E-state index in [2.05, 4.69) is 21.5 Å². The van der Waals surface area contributed by atoms with E-state index in [9.17, 15) is 13.2 Å². The Labute approximate surface area is 158 Å². The van der Waals surface area contributed by atoms with E-state index >= 15 is 0 Å². The minimum absolute atomic E-state index is 0.00669. The highest BCUT2D eigenvalue weighted by Crippen LogP contribution is 2.42. The molecule has 1 fully saturated rings. The molecular weight excluding hydrogens is 368 g/mol. The van der Waals surface area contributed by atoms with Gasteiger partial charge in [-0.05, 0) is 29.9 Å². The predicted octanol–water partition coefficient (Wildman–Crippen LogP) is 2.80. The van der Waals surface area contributed by atoms with Crippen LogP contribution in [-0.4, -0.2) is 27.4 Å². The Kier molecular flexibility index (Phi) is 6.11. The maximum Gasteiger partial charge on any atom is 0.235 e. The summed E-state index contributed by atoms with van der Waals surface area (Å²) in [5.41, 5.74) is 0.704. The predicted molar refractivity (Wildman–Crippen MR) is 105 cm³/mol. The van der Waals surface area contributed by atoms with Gasteiger partial charge in [0, 0.05) is 16.8 Å². The van der Waals surface area contributed by atoms with Crippen LogP contribution in [-0.2, 0) is 26.0 Å². The van der Waals surface area contributed by atoms with Crippen molar-refractivity contribution >= 4 is 27.3 Å². The van der Waals surface area contributed by atoms with E-state index in [0.29, 0.717) is 12.1 Å².